The summed E-state index contributed by atoms with van der Waals surface area (Å²) in [4.78, 5) is 22.3. The molecule has 0 atom stereocenters. The number of hydrogen-bond donors (Lipinski definition) is 3. The Bertz CT molecular complexity index is 473. The molecule has 0 radical (unpaired) electrons. The molecule has 4 N–H and O–H groups in total. The van der Waals surface area contributed by atoms with E-state index in [0.29, 0.717) is 22.8 Å². The Morgan fingerprint density at radius 1 is 1.56 bits per heavy atom. The van der Waals surface area contributed by atoms with E-state index in [1.807, 2.05) is 0 Å². The fraction of sp³-hybridized carbons (Fsp3) is 0.200. The summed E-state index contributed by atoms with van der Waals surface area (Å²) >= 11 is 5.95. The van der Waals surface area contributed by atoms with E-state index in [1.165, 1.54) is 0 Å². The molecule has 2 rings (SSSR count). The van der Waals surface area contributed by atoms with Gasteiger partial charge in [0.15, 0.2) is 0 Å². The molecule has 0 spiro atoms. The molecule has 0 aromatic heterocycles. The number of halogens is 1. The molecule has 1 aromatic rings. The maximum atomic E-state index is 11.1. The first-order valence-corrected chi connectivity index (χ1v) is 5.10. The fourth-order valence-electron chi connectivity index (χ4n) is 1.55. The zero-order chi connectivity index (χ0) is 11.7. The maximum absolute atomic E-state index is 11.1. The van der Waals surface area contributed by atoms with Gasteiger partial charge in [-0.15, -0.1) is 0 Å². The van der Waals surface area contributed by atoms with Crippen LogP contribution in [0.1, 0.15) is 5.56 Å². The van der Waals surface area contributed by atoms with Crippen molar-refractivity contribution in [2.24, 2.45) is 5.73 Å². The lowest BCUT2D eigenvalue weighted by atomic mass is 10.1. The van der Waals surface area contributed by atoms with Gasteiger partial charge in [0.25, 0.3) is 0 Å². The van der Waals surface area contributed by atoms with Gasteiger partial charge in [0.1, 0.15) is 0 Å². The number of amides is 2. The monoisotopic (exact) mass is 239 g/mol. The Morgan fingerprint density at radius 3 is 3.00 bits per heavy atom. The van der Waals surface area contributed by atoms with E-state index in [1.54, 1.807) is 12.1 Å². The van der Waals surface area contributed by atoms with Gasteiger partial charge in [-0.2, -0.15) is 0 Å². The highest BCUT2D eigenvalue weighted by Crippen LogP contribution is 2.32. The number of anilines is 2. The van der Waals surface area contributed by atoms with Gasteiger partial charge >= 0.3 is 0 Å². The number of nitrogens with two attached hydrogens (primary N) is 1. The molecule has 1 aromatic carbocycles. The van der Waals surface area contributed by atoms with Crippen LogP contribution < -0.4 is 16.4 Å². The second-order valence-corrected chi connectivity index (χ2v) is 3.87. The van der Waals surface area contributed by atoms with Crippen molar-refractivity contribution in [2.75, 3.05) is 17.2 Å². The third kappa shape index (κ3) is 2.00. The summed E-state index contributed by atoms with van der Waals surface area (Å²) in [6.07, 6.45) is 0.304. The van der Waals surface area contributed by atoms with Crippen LogP contribution in [0.25, 0.3) is 0 Å². The first-order chi connectivity index (χ1) is 7.60. The quantitative estimate of drug-likeness (QED) is 0.711. The predicted octanol–water partition coefficient (Wildman–Crippen LogP) is 0.732. The van der Waals surface area contributed by atoms with E-state index >= 15 is 0 Å². The van der Waals surface area contributed by atoms with Crippen molar-refractivity contribution in [3.63, 3.8) is 0 Å². The molecule has 0 unspecified atom stereocenters. The van der Waals surface area contributed by atoms with Gasteiger partial charge in [-0.3, -0.25) is 9.59 Å². The van der Waals surface area contributed by atoms with E-state index in [-0.39, 0.29) is 18.4 Å². The maximum Gasteiger partial charge on any atom is 0.238 e. The lowest BCUT2D eigenvalue weighted by molar-refractivity contribution is -0.115. The molecule has 1 aliphatic heterocycles. The molecule has 0 bridgehead atoms. The molecule has 0 fully saturated rings. The van der Waals surface area contributed by atoms with E-state index < -0.39 is 0 Å². The molecule has 6 heteroatoms. The lowest BCUT2D eigenvalue weighted by Crippen LogP contribution is -2.22. The number of rotatable bonds is 2. The first-order valence-electron chi connectivity index (χ1n) is 4.72. The average molecular weight is 240 g/mol. The van der Waals surface area contributed by atoms with Crippen molar-refractivity contribution in [2.45, 2.75) is 6.42 Å². The molecule has 1 aliphatic rings. The van der Waals surface area contributed by atoms with Gasteiger partial charge in [-0.05, 0) is 17.7 Å². The van der Waals surface area contributed by atoms with Crippen molar-refractivity contribution in [3.05, 3.63) is 22.7 Å². The van der Waals surface area contributed by atoms with Crippen molar-refractivity contribution in [3.8, 4) is 0 Å². The normalized spacial score (nSPS) is 13.2. The van der Waals surface area contributed by atoms with Gasteiger partial charge in [0.2, 0.25) is 11.8 Å². The van der Waals surface area contributed by atoms with E-state index in [9.17, 15) is 9.59 Å². The van der Waals surface area contributed by atoms with Crippen molar-refractivity contribution in [1.82, 2.24) is 0 Å². The number of nitrogens with one attached hydrogen (secondary N) is 2. The zero-order valence-corrected chi connectivity index (χ0v) is 9.10. The molecule has 0 saturated carbocycles. The smallest absolute Gasteiger partial charge is 0.238 e. The average Bonchev–Trinajstić information content (AvgIpc) is 2.58. The minimum atomic E-state index is -0.320. The standard InChI is InChI=1S/C10H10ClN3O2/c11-6-3-7-5(2-9(15)13-7)1-8(6)14-10(16)4-12/h1,3H,2,4,12H2,(H,13,15)(H,14,16). The molecule has 0 aliphatic carbocycles. The summed E-state index contributed by atoms with van der Waals surface area (Å²) < 4.78 is 0. The van der Waals surface area contributed by atoms with Crippen LogP contribution in [0.2, 0.25) is 5.02 Å². The highest BCUT2D eigenvalue weighted by atomic mass is 35.5. The highest BCUT2D eigenvalue weighted by Gasteiger charge is 2.19. The molecule has 0 saturated heterocycles. The number of benzene rings is 1. The van der Waals surface area contributed by atoms with Crippen LogP contribution in [0.5, 0.6) is 0 Å². The second-order valence-electron chi connectivity index (χ2n) is 3.47. The third-order valence-corrected chi connectivity index (χ3v) is 2.59. The minimum Gasteiger partial charge on any atom is -0.325 e. The van der Waals surface area contributed by atoms with Gasteiger partial charge < -0.3 is 16.4 Å². The fourth-order valence-corrected chi connectivity index (χ4v) is 1.76. The summed E-state index contributed by atoms with van der Waals surface area (Å²) in [5.41, 5.74) is 7.18. The lowest BCUT2D eigenvalue weighted by Gasteiger charge is -2.08. The second kappa shape index (κ2) is 4.11. The van der Waals surface area contributed by atoms with E-state index in [0.717, 1.165) is 5.56 Å². The summed E-state index contributed by atoms with van der Waals surface area (Å²) in [7, 11) is 0. The number of hydrogen-bond acceptors (Lipinski definition) is 3. The van der Waals surface area contributed by atoms with Crippen molar-refractivity contribution >= 4 is 34.8 Å². The molecular weight excluding hydrogens is 230 g/mol. The summed E-state index contributed by atoms with van der Waals surface area (Å²) in [6, 6.07) is 3.30. The molecule has 1 heterocycles. The molecular formula is C10H10ClN3O2. The number of carbonyl (C=O) groups is 2. The van der Waals surface area contributed by atoms with Gasteiger partial charge in [-0.1, -0.05) is 11.6 Å². The summed E-state index contributed by atoms with van der Waals surface area (Å²) in [5, 5.41) is 5.62. The Morgan fingerprint density at radius 2 is 2.31 bits per heavy atom. The van der Waals surface area contributed by atoms with Crippen LogP contribution in [0.15, 0.2) is 12.1 Å². The SMILES string of the molecule is NCC(=O)Nc1cc2c(cc1Cl)NC(=O)C2. The van der Waals surface area contributed by atoms with Crippen LogP contribution in [-0.2, 0) is 16.0 Å². The van der Waals surface area contributed by atoms with Crippen molar-refractivity contribution in [1.29, 1.82) is 0 Å². The van der Waals surface area contributed by atoms with Crippen LogP contribution in [0, 0.1) is 0 Å². The molecule has 16 heavy (non-hydrogen) atoms. The first kappa shape index (κ1) is 10.9. The minimum absolute atomic E-state index is 0.0756. The molecule has 5 nitrogen and oxygen atoms in total. The van der Waals surface area contributed by atoms with E-state index in [4.69, 9.17) is 17.3 Å². The largest absolute Gasteiger partial charge is 0.325 e. The van der Waals surface area contributed by atoms with Gasteiger partial charge in [0, 0.05) is 5.69 Å². The van der Waals surface area contributed by atoms with Crippen LogP contribution in [0.4, 0.5) is 11.4 Å². The van der Waals surface area contributed by atoms with Crippen molar-refractivity contribution < 1.29 is 9.59 Å². The molecule has 84 valence electrons. The molecule has 2 amide bonds. The Balaban J connectivity index is 2.31. The summed E-state index contributed by atoms with van der Waals surface area (Å²) in [5.74, 6) is -0.396. The van der Waals surface area contributed by atoms with Gasteiger partial charge in [0.05, 0.1) is 23.7 Å². The Kier molecular flexibility index (Phi) is 2.80. The Hall–Kier alpha value is -1.59. The third-order valence-electron chi connectivity index (χ3n) is 2.28. The van der Waals surface area contributed by atoms with Crippen LogP contribution >= 0.6 is 11.6 Å². The summed E-state index contributed by atoms with van der Waals surface area (Å²) in [6.45, 7) is -0.107. The topological polar surface area (TPSA) is 84.2 Å². The predicted molar refractivity (Wildman–Crippen MR) is 61.5 cm³/mol. The number of carbonyl (C=O) groups excluding carboxylic acids is 2. The van der Waals surface area contributed by atoms with Crippen LogP contribution in [-0.4, -0.2) is 18.4 Å². The number of fused-ring (bicyclic) bond motifs is 1. The van der Waals surface area contributed by atoms with Crippen LogP contribution in [0.3, 0.4) is 0 Å². The van der Waals surface area contributed by atoms with Gasteiger partial charge in [-0.25, -0.2) is 0 Å². The highest BCUT2D eigenvalue weighted by molar-refractivity contribution is 6.34. The zero-order valence-electron chi connectivity index (χ0n) is 8.34. The Labute approximate surface area is 97.0 Å². The van der Waals surface area contributed by atoms with E-state index in [2.05, 4.69) is 10.6 Å².